The Morgan fingerprint density at radius 1 is 1.29 bits per heavy atom. The molecule has 2 aromatic rings. The van der Waals surface area contributed by atoms with E-state index >= 15 is 0 Å². The van der Waals surface area contributed by atoms with Crippen molar-refractivity contribution in [2.75, 3.05) is 31.1 Å². The van der Waals surface area contributed by atoms with Crippen LogP contribution < -0.4 is 10.0 Å². The number of nitrogens with two attached hydrogens (primary N) is 1. The summed E-state index contributed by atoms with van der Waals surface area (Å²) in [5.41, 5.74) is 0.693. The zero-order valence-corrected chi connectivity index (χ0v) is 14.5. The molecule has 2 saturated heterocycles. The number of piperidine rings is 2. The number of nitrogens with zero attached hydrogens (tertiary/aromatic N) is 4. The molecule has 0 radical (unpaired) electrons. The summed E-state index contributed by atoms with van der Waals surface area (Å²) >= 11 is 0. The Hall–Kier alpha value is -1.71. The van der Waals surface area contributed by atoms with Gasteiger partial charge in [-0.15, -0.1) is 0 Å². The molecule has 0 amide bonds. The van der Waals surface area contributed by atoms with E-state index in [0.717, 1.165) is 42.8 Å². The number of anilines is 1. The maximum atomic E-state index is 11.8. The van der Waals surface area contributed by atoms with E-state index in [4.69, 9.17) is 5.14 Å². The Balaban J connectivity index is 1.64. The average molecular weight is 350 g/mol. The smallest absolute Gasteiger partial charge is 0.276 e. The molecule has 130 valence electrons. The number of aromatic amines is 1. The summed E-state index contributed by atoms with van der Waals surface area (Å²) in [6.07, 6.45) is 5.33. The minimum atomic E-state index is -3.64. The van der Waals surface area contributed by atoms with Gasteiger partial charge in [0.25, 0.3) is 10.2 Å². The summed E-state index contributed by atoms with van der Waals surface area (Å²) in [7, 11) is -3.64. The topological polar surface area (TPSA) is 108 Å². The van der Waals surface area contributed by atoms with Crippen molar-refractivity contribution < 1.29 is 8.42 Å². The second-order valence-electron chi connectivity index (χ2n) is 7.17. The molecule has 0 spiro atoms. The van der Waals surface area contributed by atoms with Crippen LogP contribution >= 0.6 is 0 Å². The Kier molecular flexibility index (Phi) is 3.55. The molecule has 4 rings (SSSR count). The quantitative estimate of drug-likeness (QED) is 0.829. The van der Waals surface area contributed by atoms with E-state index in [9.17, 15) is 8.42 Å². The number of fused-ring (bicyclic) bond motifs is 2. The van der Waals surface area contributed by atoms with Crippen LogP contribution in [-0.2, 0) is 10.2 Å². The first-order valence-corrected chi connectivity index (χ1v) is 9.68. The van der Waals surface area contributed by atoms with Crippen LogP contribution in [0, 0.1) is 11.3 Å². The standard InChI is InChI=1S/C15H22N6O2S/c1-15-8-20(14-12-2-5-17-13(12)18-10-19-14)6-3-11(15)4-7-21(9-15)24(16,22)23/h2,5,10-11H,3-4,6-9H2,1H3,(H2,16,22,23)(H,17,18,19)/t11?,15-/m0/s1. The van der Waals surface area contributed by atoms with Crippen LogP contribution in [0.4, 0.5) is 5.82 Å². The highest BCUT2D eigenvalue weighted by molar-refractivity contribution is 7.86. The lowest BCUT2D eigenvalue weighted by molar-refractivity contribution is 0.0676. The van der Waals surface area contributed by atoms with Crippen LogP contribution in [0.25, 0.3) is 11.0 Å². The lowest BCUT2D eigenvalue weighted by Crippen LogP contribution is -2.58. The van der Waals surface area contributed by atoms with Crippen molar-refractivity contribution in [2.24, 2.45) is 16.5 Å². The number of rotatable bonds is 2. The molecule has 0 saturated carbocycles. The fourth-order valence-corrected chi connectivity index (χ4v) is 5.10. The normalized spacial score (nSPS) is 28.9. The molecule has 0 aliphatic carbocycles. The highest BCUT2D eigenvalue weighted by atomic mass is 32.2. The molecule has 2 aliphatic rings. The summed E-state index contributed by atoms with van der Waals surface area (Å²) in [4.78, 5) is 14.1. The number of aromatic nitrogens is 3. The molecule has 8 nitrogen and oxygen atoms in total. The zero-order chi connectivity index (χ0) is 16.9. The first-order chi connectivity index (χ1) is 11.4. The molecular formula is C15H22N6O2S. The third kappa shape index (κ3) is 2.56. The van der Waals surface area contributed by atoms with Gasteiger partial charge in [0, 0.05) is 37.8 Å². The largest absolute Gasteiger partial charge is 0.355 e. The van der Waals surface area contributed by atoms with Gasteiger partial charge in [-0.1, -0.05) is 6.92 Å². The van der Waals surface area contributed by atoms with Crippen molar-refractivity contribution in [3.63, 3.8) is 0 Å². The van der Waals surface area contributed by atoms with Gasteiger partial charge in [0.05, 0.1) is 5.39 Å². The predicted octanol–water partition coefficient (Wildman–Crippen LogP) is 0.700. The lowest BCUT2D eigenvalue weighted by Gasteiger charge is -2.51. The minimum absolute atomic E-state index is 0.128. The molecule has 0 bridgehead atoms. The molecule has 2 fully saturated rings. The molecule has 2 aliphatic heterocycles. The Bertz CT molecular complexity index is 866. The highest BCUT2D eigenvalue weighted by Gasteiger charge is 2.46. The summed E-state index contributed by atoms with van der Waals surface area (Å²) in [6.45, 7) is 4.84. The first kappa shape index (κ1) is 15.8. The highest BCUT2D eigenvalue weighted by Crippen LogP contribution is 2.43. The van der Waals surface area contributed by atoms with E-state index in [1.54, 1.807) is 6.33 Å². The molecule has 9 heteroatoms. The second-order valence-corrected chi connectivity index (χ2v) is 8.71. The molecular weight excluding hydrogens is 328 g/mol. The van der Waals surface area contributed by atoms with E-state index in [-0.39, 0.29) is 5.41 Å². The van der Waals surface area contributed by atoms with Gasteiger partial charge in [0.1, 0.15) is 17.8 Å². The number of hydrogen-bond acceptors (Lipinski definition) is 5. The van der Waals surface area contributed by atoms with E-state index < -0.39 is 10.2 Å². The van der Waals surface area contributed by atoms with Crippen LogP contribution in [0.1, 0.15) is 19.8 Å². The average Bonchev–Trinajstić information content (AvgIpc) is 3.00. The van der Waals surface area contributed by atoms with E-state index in [2.05, 4.69) is 26.8 Å². The first-order valence-electron chi connectivity index (χ1n) is 8.18. The maximum absolute atomic E-state index is 11.8. The number of hydrogen-bond donors (Lipinski definition) is 2. The summed E-state index contributed by atoms with van der Waals surface area (Å²) in [6, 6.07) is 1.98. The molecule has 2 atom stereocenters. The van der Waals surface area contributed by atoms with Crippen LogP contribution in [0.15, 0.2) is 18.6 Å². The SMILES string of the molecule is C[C@@]12CN(c3ncnc4[nH]ccc34)CCC1CCN(S(N)(=O)=O)C2. The van der Waals surface area contributed by atoms with Crippen LogP contribution in [-0.4, -0.2) is 53.9 Å². The van der Waals surface area contributed by atoms with E-state index in [1.807, 2.05) is 12.3 Å². The fourth-order valence-electron chi connectivity index (χ4n) is 4.27. The van der Waals surface area contributed by atoms with Gasteiger partial charge in [0.2, 0.25) is 0 Å². The van der Waals surface area contributed by atoms with Crippen LogP contribution in [0.5, 0.6) is 0 Å². The van der Waals surface area contributed by atoms with Crippen molar-refractivity contribution in [3.8, 4) is 0 Å². The number of H-pyrrole nitrogens is 1. The molecule has 4 heterocycles. The van der Waals surface area contributed by atoms with Crippen LogP contribution in [0.2, 0.25) is 0 Å². The van der Waals surface area contributed by atoms with Crippen LogP contribution in [0.3, 0.4) is 0 Å². The van der Waals surface area contributed by atoms with Crippen molar-refractivity contribution in [3.05, 3.63) is 18.6 Å². The van der Waals surface area contributed by atoms with Crippen molar-refractivity contribution in [2.45, 2.75) is 19.8 Å². The molecule has 0 aromatic carbocycles. The molecule has 1 unspecified atom stereocenters. The van der Waals surface area contributed by atoms with E-state index in [0.29, 0.717) is 19.0 Å². The lowest BCUT2D eigenvalue weighted by atomic mass is 9.69. The van der Waals surface area contributed by atoms with Crippen molar-refractivity contribution in [1.82, 2.24) is 19.3 Å². The number of nitrogens with one attached hydrogen (secondary N) is 1. The Morgan fingerprint density at radius 2 is 2.08 bits per heavy atom. The van der Waals surface area contributed by atoms with Gasteiger partial charge in [-0.25, -0.2) is 15.1 Å². The van der Waals surface area contributed by atoms with Gasteiger partial charge in [-0.3, -0.25) is 0 Å². The second kappa shape index (κ2) is 5.40. The molecule has 3 N–H and O–H groups in total. The fraction of sp³-hybridized carbons (Fsp3) is 0.600. The Labute approximate surface area is 141 Å². The maximum Gasteiger partial charge on any atom is 0.276 e. The van der Waals surface area contributed by atoms with Gasteiger partial charge in [0.15, 0.2) is 0 Å². The minimum Gasteiger partial charge on any atom is -0.355 e. The molecule has 2 aromatic heterocycles. The predicted molar refractivity (Wildman–Crippen MR) is 91.6 cm³/mol. The summed E-state index contributed by atoms with van der Waals surface area (Å²) in [5, 5.41) is 6.36. The monoisotopic (exact) mass is 350 g/mol. The van der Waals surface area contributed by atoms with Gasteiger partial charge in [-0.05, 0) is 24.8 Å². The third-order valence-corrected chi connectivity index (χ3v) is 6.57. The summed E-state index contributed by atoms with van der Waals surface area (Å²) < 4.78 is 24.9. The van der Waals surface area contributed by atoms with Crippen molar-refractivity contribution in [1.29, 1.82) is 0 Å². The Morgan fingerprint density at radius 3 is 2.88 bits per heavy atom. The zero-order valence-electron chi connectivity index (χ0n) is 13.6. The van der Waals surface area contributed by atoms with Gasteiger partial charge in [-0.2, -0.15) is 12.7 Å². The van der Waals surface area contributed by atoms with Crippen molar-refractivity contribution >= 4 is 27.1 Å². The third-order valence-electron chi connectivity index (χ3n) is 5.54. The van der Waals surface area contributed by atoms with Gasteiger partial charge < -0.3 is 9.88 Å². The van der Waals surface area contributed by atoms with Gasteiger partial charge >= 0.3 is 0 Å². The summed E-state index contributed by atoms with van der Waals surface area (Å²) in [5.74, 6) is 1.42. The van der Waals surface area contributed by atoms with E-state index in [1.165, 1.54) is 4.31 Å². The molecule has 24 heavy (non-hydrogen) atoms.